The van der Waals surface area contributed by atoms with Crippen LogP contribution in [-0.4, -0.2) is 16.8 Å². The third-order valence-electron chi connectivity index (χ3n) is 5.55. The van der Waals surface area contributed by atoms with Crippen molar-refractivity contribution in [2.75, 3.05) is 4.90 Å². The number of aryl methyl sites for hydroxylation is 3. The molecule has 0 aliphatic carbocycles. The zero-order valence-electron chi connectivity index (χ0n) is 17.5. The summed E-state index contributed by atoms with van der Waals surface area (Å²) in [5.41, 5.74) is 3.87. The summed E-state index contributed by atoms with van der Waals surface area (Å²) >= 11 is 0. The maximum absolute atomic E-state index is 13.8. The van der Waals surface area contributed by atoms with Crippen LogP contribution in [0.1, 0.15) is 33.9 Å². The second-order valence-corrected chi connectivity index (χ2v) is 7.88. The molecule has 1 aliphatic rings. The molecular weight excluding hydrogens is 393 g/mol. The third kappa shape index (κ3) is 3.63. The fourth-order valence-electron chi connectivity index (χ4n) is 3.91. The van der Waals surface area contributed by atoms with Crippen molar-refractivity contribution in [3.63, 3.8) is 0 Å². The number of rotatable bonds is 3. The third-order valence-corrected chi connectivity index (χ3v) is 5.55. The Hall–Kier alpha value is -3.73. The molecule has 0 radical (unpaired) electrons. The number of ketones is 1. The Morgan fingerprint density at radius 1 is 0.903 bits per heavy atom. The number of benzene rings is 3. The summed E-state index contributed by atoms with van der Waals surface area (Å²) in [6.07, 6.45) is 0. The van der Waals surface area contributed by atoms with E-state index in [9.17, 15) is 19.1 Å². The lowest BCUT2D eigenvalue weighted by atomic mass is 9.94. The van der Waals surface area contributed by atoms with Crippen molar-refractivity contribution in [1.29, 1.82) is 0 Å². The predicted molar refractivity (Wildman–Crippen MR) is 118 cm³/mol. The number of aliphatic hydroxyl groups excluding tert-OH is 1. The smallest absolute Gasteiger partial charge is 0.300 e. The average molecular weight is 415 g/mol. The van der Waals surface area contributed by atoms with E-state index in [0.29, 0.717) is 22.4 Å². The number of amides is 1. The number of anilines is 1. The van der Waals surface area contributed by atoms with Gasteiger partial charge in [-0.05, 0) is 62.2 Å². The molecule has 0 saturated carbocycles. The molecule has 0 aromatic heterocycles. The summed E-state index contributed by atoms with van der Waals surface area (Å²) in [5, 5.41) is 11.1. The van der Waals surface area contributed by atoms with E-state index in [1.807, 2.05) is 50.2 Å². The quantitative estimate of drug-likeness (QED) is 0.355. The van der Waals surface area contributed by atoms with Crippen molar-refractivity contribution in [2.45, 2.75) is 26.8 Å². The zero-order valence-corrected chi connectivity index (χ0v) is 17.5. The van der Waals surface area contributed by atoms with E-state index in [2.05, 4.69) is 0 Å². The number of nitrogens with zero attached hydrogens (tertiary/aromatic N) is 1. The van der Waals surface area contributed by atoms with E-state index in [-0.39, 0.29) is 11.3 Å². The minimum absolute atomic E-state index is 0.0119. The van der Waals surface area contributed by atoms with Crippen molar-refractivity contribution >= 4 is 23.1 Å². The number of aliphatic hydroxyl groups is 1. The molecule has 1 atom stereocenters. The second kappa shape index (κ2) is 7.84. The Kier molecular flexibility index (Phi) is 5.19. The highest BCUT2D eigenvalue weighted by atomic mass is 19.1. The number of hydrogen-bond donors (Lipinski definition) is 1. The van der Waals surface area contributed by atoms with Crippen LogP contribution in [0.5, 0.6) is 0 Å². The van der Waals surface area contributed by atoms with Crippen LogP contribution in [0.15, 0.2) is 72.3 Å². The first-order valence-corrected chi connectivity index (χ1v) is 9.98. The van der Waals surface area contributed by atoms with Crippen LogP contribution in [0.3, 0.4) is 0 Å². The van der Waals surface area contributed by atoms with Gasteiger partial charge in [0.15, 0.2) is 0 Å². The van der Waals surface area contributed by atoms with E-state index < -0.39 is 23.5 Å². The summed E-state index contributed by atoms with van der Waals surface area (Å²) in [6.45, 7) is 5.44. The molecule has 1 saturated heterocycles. The van der Waals surface area contributed by atoms with Crippen molar-refractivity contribution in [3.05, 3.63) is 106 Å². The predicted octanol–water partition coefficient (Wildman–Crippen LogP) is 5.38. The summed E-state index contributed by atoms with van der Waals surface area (Å²) in [5.74, 6) is -2.21. The van der Waals surface area contributed by atoms with Gasteiger partial charge in [0.25, 0.3) is 11.7 Å². The molecule has 1 amide bonds. The maximum Gasteiger partial charge on any atom is 0.300 e. The lowest BCUT2D eigenvalue weighted by Crippen LogP contribution is -2.29. The molecule has 4 rings (SSSR count). The molecule has 1 fully saturated rings. The van der Waals surface area contributed by atoms with Gasteiger partial charge < -0.3 is 5.11 Å². The van der Waals surface area contributed by atoms with Crippen LogP contribution in [0.4, 0.5) is 10.1 Å². The first-order valence-electron chi connectivity index (χ1n) is 9.98. The molecule has 1 heterocycles. The van der Waals surface area contributed by atoms with E-state index in [4.69, 9.17) is 0 Å². The highest BCUT2D eigenvalue weighted by Gasteiger charge is 2.47. The van der Waals surface area contributed by atoms with Crippen LogP contribution < -0.4 is 4.90 Å². The van der Waals surface area contributed by atoms with Gasteiger partial charge in [-0.3, -0.25) is 14.5 Å². The van der Waals surface area contributed by atoms with Crippen molar-refractivity contribution in [3.8, 4) is 0 Å². The van der Waals surface area contributed by atoms with E-state index in [1.165, 1.54) is 23.1 Å². The standard InChI is InChI=1S/C26H22FNO3/c1-15-7-10-20(11-8-15)28-23(18-6-4-5-16(2)13-18)22(25(30)26(28)31)24(29)19-9-12-21(27)17(3)14-19/h4-14,23,29H,1-3H3/b24-22-. The molecule has 1 aliphatic heterocycles. The Bertz CT molecular complexity index is 1230. The number of Topliss-reactive ketones (excluding diaryl/α,β-unsaturated/α-hetero) is 1. The first-order chi connectivity index (χ1) is 14.8. The number of carbonyl (C=O) groups is 2. The Labute approximate surface area is 180 Å². The fourth-order valence-corrected chi connectivity index (χ4v) is 3.91. The van der Waals surface area contributed by atoms with Gasteiger partial charge >= 0.3 is 0 Å². The Morgan fingerprint density at radius 2 is 1.61 bits per heavy atom. The zero-order chi connectivity index (χ0) is 22.3. The van der Waals surface area contributed by atoms with E-state index in [0.717, 1.165) is 11.1 Å². The number of halogens is 1. The van der Waals surface area contributed by atoms with Crippen LogP contribution in [0.2, 0.25) is 0 Å². The molecule has 1 unspecified atom stereocenters. The van der Waals surface area contributed by atoms with Crippen LogP contribution in [0.25, 0.3) is 5.76 Å². The minimum Gasteiger partial charge on any atom is -0.507 e. The molecule has 4 nitrogen and oxygen atoms in total. The average Bonchev–Trinajstić information content (AvgIpc) is 3.01. The van der Waals surface area contributed by atoms with Gasteiger partial charge in [0.2, 0.25) is 0 Å². The monoisotopic (exact) mass is 415 g/mol. The van der Waals surface area contributed by atoms with E-state index in [1.54, 1.807) is 19.1 Å². The highest BCUT2D eigenvalue weighted by Crippen LogP contribution is 2.42. The van der Waals surface area contributed by atoms with Gasteiger partial charge in [0, 0.05) is 11.3 Å². The minimum atomic E-state index is -0.798. The van der Waals surface area contributed by atoms with Gasteiger partial charge in [0.1, 0.15) is 11.6 Å². The molecule has 3 aromatic carbocycles. The summed E-state index contributed by atoms with van der Waals surface area (Å²) in [7, 11) is 0. The van der Waals surface area contributed by atoms with Gasteiger partial charge in [-0.25, -0.2) is 4.39 Å². The molecule has 156 valence electrons. The summed E-state index contributed by atoms with van der Waals surface area (Å²) < 4.78 is 13.8. The molecular formula is C26H22FNO3. The number of carbonyl (C=O) groups excluding carboxylic acids is 2. The normalized spacial score (nSPS) is 17.9. The lowest BCUT2D eigenvalue weighted by molar-refractivity contribution is -0.132. The van der Waals surface area contributed by atoms with Crippen LogP contribution in [0, 0.1) is 26.6 Å². The van der Waals surface area contributed by atoms with Crippen LogP contribution in [-0.2, 0) is 9.59 Å². The Morgan fingerprint density at radius 3 is 2.26 bits per heavy atom. The van der Waals surface area contributed by atoms with Gasteiger partial charge in [-0.1, -0.05) is 47.5 Å². The van der Waals surface area contributed by atoms with Crippen molar-refractivity contribution in [1.82, 2.24) is 0 Å². The van der Waals surface area contributed by atoms with Crippen LogP contribution >= 0.6 is 0 Å². The van der Waals surface area contributed by atoms with Crippen molar-refractivity contribution in [2.24, 2.45) is 0 Å². The molecule has 0 bridgehead atoms. The molecule has 0 spiro atoms. The topological polar surface area (TPSA) is 57.6 Å². The van der Waals surface area contributed by atoms with Gasteiger partial charge in [-0.15, -0.1) is 0 Å². The highest BCUT2D eigenvalue weighted by molar-refractivity contribution is 6.51. The van der Waals surface area contributed by atoms with E-state index >= 15 is 0 Å². The molecule has 5 heteroatoms. The largest absolute Gasteiger partial charge is 0.507 e. The number of hydrogen-bond acceptors (Lipinski definition) is 3. The van der Waals surface area contributed by atoms with Gasteiger partial charge in [-0.2, -0.15) is 0 Å². The second-order valence-electron chi connectivity index (χ2n) is 7.88. The SMILES string of the molecule is Cc1ccc(N2C(=O)C(=O)/C(=C(\O)c3ccc(F)c(C)c3)C2c2cccc(C)c2)cc1. The summed E-state index contributed by atoms with van der Waals surface area (Å²) in [6, 6.07) is 18.1. The fraction of sp³-hybridized carbons (Fsp3) is 0.154. The first kappa shape index (κ1) is 20.5. The Balaban J connectivity index is 1.96. The maximum atomic E-state index is 13.8. The summed E-state index contributed by atoms with van der Waals surface area (Å²) in [4.78, 5) is 27.6. The molecule has 3 aromatic rings. The molecule has 1 N–H and O–H groups in total. The van der Waals surface area contributed by atoms with Crippen molar-refractivity contribution < 1.29 is 19.1 Å². The lowest BCUT2D eigenvalue weighted by Gasteiger charge is -2.26. The molecule has 31 heavy (non-hydrogen) atoms. The van der Waals surface area contributed by atoms with Gasteiger partial charge in [0.05, 0.1) is 11.6 Å².